The summed E-state index contributed by atoms with van der Waals surface area (Å²) in [5, 5.41) is 0. The van der Waals surface area contributed by atoms with Gasteiger partial charge in [-0.15, -0.1) is 0 Å². The Kier molecular flexibility index (Phi) is 4.22. The maximum absolute atomic E-state index is 12.6. The van der Waals surface area contributed by atoms with Crippen molar-refractivity contribution in [2.24, 2.45) is 0 Å². The summed E-state index contributed by atoms with van der Waals surface area (Å²) in [6.07, 6.45) is -4.60. The van der Waals surface area contributed by atoms with Crippen LogP contribution in [0.5, 0.6) is 0 Å². The maximum Gasteiger partial charge on any atom is 0.433 e. The van der Waals surface area contributed by atoms with Gasteiger partial charge in [0.25, 0.3) is 5.91 Å². The van der Waals surface area contributed by atoms with Crippen molar-refractivity contribution in [3.05, 3.63) is 29.1 Å². The van der Waals surface area contributed by atoms with Crippen molar-refractivity contribution in [2.45, 2.75) is 39.1 Å². The largest absolute Gasteiger partial charge is 0.433 e. The van der Waals surface area contributed by atoms with Gasteiger partial charge in [0.05, 0.1) is 30.0 Å². The van der Waals surface area contributed by atoms with Gasteiger partial charge in [-0.1, -0.05) is 0 Å². The highest BCUT2D eigenvalue weighted by Crippen LogP contribution is 2.28. The Morgan fingerprint density at radius 1 is 1.38 bits per heavy atom. The Bertz CT molecular complexity index is 546. The fourth-order valence-electron chi connectivity index (χ4n) is 2.29. The van der Waals surface area contributed by atoms with Crippen LogP contribution in [0.1, 0.15) is 35.6 Å². The number of morpholine rings is 1. The van der Waals surface area contributed by atoms with Crippen molar-refractivity contribution >= 4 is 5.91 Å². The van der Waals surface area contributed by atoms with Gasteiger partial charge in [0.1, 0.15) is 5.69 Å². The fraction of sp³-hybridized carbons (Fsp3) is 0.571. The van der Waals surface area contributed by atoms with E-state index >= 15 is 0 Å². The molecule has 0 saturated carbocycles. The number of aromatic nitrogens is 1. The molecule has 0 spiro atoms. The molecule has 2 rings (SSSR count). The molecule has 1 amide bonds. The van der Waals surface area contributed by atoms with E-state index in [9.17, 15) is 18.0 Å². The predicted octanol–water partition coefficient (Wildman–Crippen LogP) is 2.66. The number of ether oxygens (including phenoxy) is 1. The third-order valence-electron chi connectivity index (χ3n) is 3.48. The number of pyridine rings is 1. The van der Waals surface area contributed by atoms with E-state index in [1.165, 1.54) is 13.0 Å². The Morgan fingerprint density at radius 2 is 2.05 bits per heavy atom. The molecule has 1 aliphatic heterocycles. The highest BCUT2D eigenvalue weighted by Gasteiger charge is 2.34. The van der Waals surface area contributed by atoms with Crippen molar-refractivity contribution in [1.82, 2.24) is 9.88 Å². The zero-order valence-corrected chi connectivity index (χ0v) is 12.1. The molecule has 1 saturated heterocycles. The van der Waals surface area contributed by atoms with Crippen LogP contribution in [0.4, 0.5) is 13.2 Å². The highest BCUT2D eigenvalue weighted by molar-refractivity contribution is 5.95. The first-order valence-electron chi connectivity index (χ1n) is 6.67. The number of nitrogens with zero attached hydrogens (tertiary/aromatic N) is 2. The van der Waals surface area contributed by atoms with E-state index in [-0.39, 0.29) is 29.3 Å². The van der Waals surface area contributed by atoms with Crippen LogP contribution in [-0.2, 0) is 10.9 Å². The molecule has 1 aromatic rings. The molecular formula is C14H17F3N2O2. The Balaban J connectivity index is 2.27. The summed E-state index contributed by atoms with van der Waals surface area (Å²) >= 11 is 0. The van der Waals surface area contributed by atoms with Crippen LogP contribution in [0.25, 0.3) is 0 Å². The second kappa shape index (κ2) is 5.63. The molecule has 1 aliphatic rings. The molecule has 4 nitrogen and oxygen atoms in total. The number of halogens is 3. The molecule has 116 valence electrons. The van der Waals surface area contributed by atoms with Crippen LogP contribution in [0.2, 0.25) is 0 Å². The van der Waals surface area contributed by atoms with E-state index in [2.05, 4.69) is 4.98 Å². The van der Waals surface area contributed by atoms with E-state index in [4.69, 9.17) is 4.74 Å². The molecule has 21 heavy (non-hydrogen) atoms. The first kappa shape index (κ1) is 15.8. The molecule has 2 heterocycles. The topological polar surface area (TPSA) is 42.4 Å². The molecule has 0 bridgehead atoms. The molecule has 1 fully saturated rings. The van der Waals surface area contributed by atoms with E-state index in [1.54, 1.807) is 4.90 Å². The first-order valence-corrected chi connectivity index (χ1v) is 6.67. The van der Waals surface area contributed by atoms with Gasteiger partial charge in [0, 0.05) is 6.54 Å². The van der Waals surface area contributed by atoms with Crippen LogP contribution < -0.4 is 0 Å². The molecule has 0 aromatic carbocycles. The minimum atomic E-state index is -4.51. The molecule has 1 aromatic heterocycles. The Hall–Kier alpha value is -1.63. The summed E-state index contributed by atoms with van der Waals surface area (Å²) in [6, 6.07) is 1.92. The van der Waals surface area contributed by atoms with E-state index in [0.29, 0.717) is 13.2 Å². The monoisotopic (exact) mass is 302 g/mol. The van der Waals surface area contributed by atoms with Crippen LogP contribution in [0.15, 0.2) is 12.1 Å². The Labute approximate surface area is 120 Å². The minimum absolute atomic E-state index is 0.0844. The van der Waals surface area contributed by atoms with Gasteiger partial charge in [0.2, 0.25) is 0 Å². The highest BCUT2D eigenvalue weighted by atomic mass is 19.4. The molecule has 0 radical (unpaired) electrons. The molecule has 0 aliphatic carbocycles. The van der Waals surface area contributed by atoms with Crippen molar-refractivity contribution in [3.63, 3.8) is 0 Å². The van der Waals surface area contributed by atoms with Crippen LogP contribution in [-0.4, -0.2) is 41.1 Å². The number of carbonyl (C=O) groups is 1. The van der Waals surface area contributed by atoms with Gasteiger partial charge in [-0.05, 0) is 32.9 Å². The average molecular weight is 302 g/mol. The Morgan fingerprint density at radius 3 is 2.62 bits per heavy atom. The number of hydrogen-bond acceptors (Lipinski definition) is 3. The summed E-state index contributed by atoms with van der Waals surface area (Å²) in [5.41, 5.74) is -0.704. The second-order valence-corrected chi connectivity index (χ2v) is 5.28. The standard InChI is InChI=1S/C14H17F3N2O2/c1-8-7-21-9(2)6-19(8)13(20)11-4-5-12(14(15,16)17)18-10(11)3/h4-5,8-9H,6-7H2,1-3H3. The zero-order chi connectivity index (χ0) is 15.8. The summed E-state index contributed by atoms with van der Waals surface area (Å²) < 4.78 is 43.2. The molecule has 0 N–H and O–H groups in total. The normalized spacial score (nSPS) is 23.2. The van der Waals surface area contributed by atoms with Crippen LogP contribution >= 0.6 is 0 Å². The summed E-state index contributed by atoms with van der Waals surface area (Å²) in [4.78, 5) is 17.6. The number of carbonyl (C=O) groups excluding carboxylic acids is 1. The molecule has 2 atom stereocenters. The molecular weight excluding hydrogens is 285 g/mol. The molecule has 7 heteroatoms. The van der Waals surface area contributed by atoms with Crippen molar-refractivity contribution in [2.75, 3.05) is 13.2 Å². The smallest absolute Gasteiger partial charge is 0.375 e. The van der Waals surface area contributed by atoms with Gasteiger partial charge < -0.3 is 9.64 Å². The zero-order valence-electron chi connectivity index (χ0n) is 12.1. The first-order chi connectivity index (χ1) is 9.70. The van der Waals surface area contributed by atoms with Crippen LogP contribution in [0.3, 0.4) is 0 Å². The predicted molar refractivity (Wildman–Crippen MR) is 69.9 cm³/mol. The lowest BCUT2D eigenvalue weighted by molar-refractivity contribution is -0.141. The number of hydrogen-bond donors (Lipinski definition) is 0. The minimum Gasteiger partial charge on any atom is -0.375 e. The maximum atomic E-state index is 12.6. The summed E-state index contributed by atoms with van der Waals surface area (Å²) in [6.45, 7) is 5.94. The lowest BCUT2D eigenvalue weighted by Gasteiger charge is -2.37. The third-order valence-corrected chi connectivity index (χ3v) is 3.48. The SMILES string of the molecule is Cc1nc(C(F)(F)F)ccc1C(=O)N1CC(C)OCC1C. The van der Waals surface area contributed by atoms with E-state index < -0.39 is 11.9 Å². The number of amides is 1. The van der Waals surface area contributed by atoms with Crippen LogP contribution in [0, 0.1) is 6.92 Å². The average Bonchev–Trinajstić information content (AvgIpc) is 2.39. The van der Waals surface area contributed by atoms with Crippen molar-refractivity contribution in [3.8, 4) is 0 Å². The lowest BCUT2D eigenvalue weighted by Crippen LogP contribution is -2.50. The summed E-state index contributed by atoms with van der Waals surface area (Å²) in [7, 11) is 0. The fourth-order valence-corrected chi connectivity index (χ4v) is 2.29. The van der Waals surface area contributed by atoms with Gasteiger partial charge in [-0.2, -0.15) is 13.2 Å². The lowest BCUT2D eigenvalue weighted by atomic mass is 10.1. The van der Waals surface area contributed by atoms with Crippen molar-refractivity contribution < 1.29 is 22.7 Å². The van der Waals surface area contributed by atoms with E-state index in [0.717, 1.165) is 6.07 Å². The van der Waals surface area contributed by atoms with E-state index in [1.807, 2.05) is 13.8 Å². The van der Waals surface area contributed by atoms with Gasteiger partial charge in [0.15, 0.2) is 0 Å². The number of alkyl halides is 3. The molecule has 2 unspecified atom stereocenters. The summed E-state index contributed by atoms with van der Waals surface area (Å²) in [5.74, 6) is -0.309. The third kappa shape index (κ3) is 3.34. The quantitative estimate of drug-likeness (QED) is 0.801. The second-order valence-electron chi connectivity index (χ2n) is 5.28. The van der Waals surface area contributed by atoms with Gasteiger partial charge in [-0.25, -0.2) is 4.98 Å². The number of rotatable bonds is 1. The van der Waals surface area contributed by atoms with Crippen molar-refractivity contribution in [1.29, 1.82) is 0 Å². The number of aryl methyl sites for hydroxylation is 1. The van der Waals surface area contributed by atoms with Gasteiger partial charge in [-0.3, -0.25) is 4.79 Å². The van der Waals surface area contributed by atoms with Gasteiger partial charge >= 0.3 is 6.18 Å².